The fraction of sp³-hybridized carbons (Fsp3) is 0.312. The summed E-state index contributed by atoms with van der Waals surface area (Å²) in [6, 6.07) is 11.1. The number of hydrogen-bond acceptors (Lipinski definition) is 3. The summed E-state index contributed by atoms with van der Waals surface area (Å²) in [5, 5.41) is 2.79. The van der Waals surface area contributed by atoms with Gasteiger partial charge in [0.2, 0.25) is 5.91 Å². The molecule has 1 aromatic carbocycles. The van der Waals surface area contributed by atoms with E-state index in [-0.39, 0.29) is 18.0 Å². The zero-order valence-electron chi connectivity index (χ0n) is 12.1. The van der Waals surface area contributed by atoms with E-state index in [1.807, 2.05) is 37.3 Å². The zero-order chi connectivity index (χ0) is 15.1. The highest BCUT2D eigenvalue weighted by Crippen LogP contribution is 1.97. The number of aryl methyl sites for hydroxylation is 1. The second kappa shape index (κ2) is 7.38. The molecule has 0 unspecified atom stereocenters. The summed E-state index contributed by atoms with van der Waals surface area (Å²) in [7, 11) is 0. The van der Waals surface area contributed by atoms with Gasteiger partial charge < -0.3 is 5.32 Å². The van der Waals surface area contributed by atoms with Gasteiger partial charge in [0.25, 0.3) is 5.56 Å². The van der Waals surface area contributed by atoms with Crippen LogP contribution in [0.15, 0.2) is 47.5 Å². The smallest absolute Gasteiger partial charge is 0.253 e. The van der Waals surface area contributed by atoms with Gasteiger partial charge in [-0.25, -0.2) is 4.98 Å². The molecule has 5 heteroatoms. The summed E-state index contributed by atoms with van der Waals surface area (Å²) in [6.07, 6.45) is 3.15. The summed E-state index contributed by atoms with van der Waals surface area (Å²) in [5.74, 6) is -0.203. The Hall–Kier alpha value is -2.43. The molecule has 0 aliphatic rings. The van der Waals surface area contributed by atoms with Gasteiger partial charge in [0.1, 0.15) is 6.54 Å². The summed E-state index contributed by atoms with van der Waals surface area (Å²) < 4.78 is 1.32. The second-order valence-electron chi connectivity index (χ2n) is 4.86. The molecule has 0 spiro atoms. The average Bonchev–Trinajstić information content (AvgIpc) is 2.49. The van der Waals surface area contributed by atoms with Crippen molar-refractivity contribution in [1.29, 1.82) is 0 Å². The topological polar surface area (TPSA) is 64.0 Å². The van der Waals surface area contributed by atoms with Crippen molar-refractivity contribution in [2.75, 3.05) is 0 Å². The molecule has 1 N–H and O–H groups in total. The van der Waals surface area contributed by atoms with Crippen molar-refractivity contribution in [1.82, 2.24) is 14.9 Å². The van der Waals surface area contributed by atoms with Gasteiger partial charge in [-0.15, -0.1) is 0 Å². The van der Waals surface area contributed by atoms with Gasteiger partial charge in [0.05, 0.1) is 6.33 Å². The Balaban J connectivity index is 1.92. The first-order valence-corrected chi connectivity index (χ1v) is 7.05. The van der Waals surface area contributed by atoms with Crippen LogP contribution < -0.4 is 10.9 Å². The number of nitrogens with zero attached hydrogens (tertiary/aromatic N) is 2. The standard InChI is InChI=1S/C16H19N3O2/c1-2-6-14-9-16(21)19(12-18-14)11-15(20)17-10-13-7-4-3-5-8-13/h3-5,7-9,12H,2,6,10-11H2,1H3,(H,17,20). The molecule has 0 aliphatic carbocycles. The number of rotatable bonds is 6. The number of amides is 1. The first-order chi connectivity index (χ1) is 10.2. The fourth-order valence-electron chi connectivity index (χ4n) is 1.98. The van der Waals surface area contributed by atoms with Crippen molar-refractivity contribution < 1.29 is 4.79 Å². The first kappa shape index (κ1) is 15.0. The van der Waals surface area contributed by atoms with E-state index in [2.05, 4.69) is 10.3 Å². The number of carbonyl (C=O) groups is 1. The van der Waals surface area contributed by atoms with Crippen LogP contribution in [0, 0.1) is 0 Å². The lowest BCUT2D eigenvalue weighted by molar-refractivity contribution is -0.121. The van der Waals surface area contributed by atoms with Crippen LogP contribution in [0.25, 0.3) is 0 Å². The van der Waals surface area contributed by atoms with E-state index in [1.54, 1.807) is 0 Å². The van der Waals surface area contributed by atoms with E-state index in [4.69, 9.17) is 0 Å². The molecule has 1 amide bonds. The molecule has 0 fully saturated rings. The predicted octanol–water partition coefficient (Wildman–Crippen LogP) is 1.51. The van der Waals surface area contributed by atoms with Crippen molar-refractivity contribution >= 4 is 5.91 Å². The molecular weight excluding hydrogens is 266 g/mol. The van der Waals surface area contributed by atoms with Crippen LogP contribution in [-0.2, 0) is 24.3 Å². The average molecular weight is 285 g/mol. The fourth-order valence-corrected chi connectivity index (χ4v) is 1.98. The molecule has 0 atom stereocenters. The van der Waals surface area contributed by atoms with Crippen molar-refractivity contribution in [3.8, 4) is 0 Å². The molecule has 0 aliphatic heterocycles. The van der Waals surface area contributed by atoms with Gasteiger partial charge in [0.15, 0.2) is 0 Å². The Bertz CT molecular complexity index is 650. The minimum Gasteiger partial charge on any atom is -0.350 e. The second-order valence-corrected chi connectivity index (χ2v) is 4.86. The Kier molecular flexibility index (Phi) is 5.26. The molecule has 21 heavy (non-hydrogen) atoms. The normalized spacial score (nSPS) is 10.3. The third-order valence-electron chi connectivity index (χ3n) is 3.09. The SMILES string of the molecule is CCCc1cc(=O)n(CC(=O)NCc2ccccc2)cn1. The largest absolute Gasteiger partial charge is 0.350 e. The van der Waals surface area contributed by atoms with E-state index < -0.39 is 0 Å². The lowest BCUT2D eigenvalue weighted by Crippen LogP contribution is -2.32. The lowest BCUT2D eigenvalue weighted by atomic mass is 10.2. The molecule has 0 radical (unpaired) electrons. The molecule has 1 aromatic heterocycles. The van der Waals surface area contributed by atoms with Crippen LogP contribution >= 0.6 is 0 Å². The quantitative estimate of drug-likeness (QED) is 0.875. The van der Waals surface area contributed by atoms with E-state index in [1.165, 1.54) is 17.0 Å². The minimum absolute atomic E-state index is 0.00886. The van der Waals surface area contributed by atoms with E-state index in [9.17, 15) is 9.59 Å². The van der Waals surface area contributed by atoms with E-state index >= 15 is 0 Å². The van der Waals surface area contributed by atoms with Crippen LogP contribution in [0.1, 0.15) is 24.6 Å². The van der Waals surface area contributed by atoms with Crippen molar-refractivity contribution in [3.05, 3.63) is 64.3 Å². The van der Waals surface area contributed by atoms with E-state index in [0.29, 0.717) is 6.54 Å². The van der Waals surface area contributed by atoms with Gasteiger partial charge >= 0.3 is 0 Å². The number of carbonyl (C=O) groups excluding carboxylic acids is 1. The number of nitrogens with one attached hydrogen (secondary N) is 1. The number of benzene rings is 1. The number of aromatic nitrogens is 2. The van der Waals surface area contributed by atoms with Crippen LogP contribution in [0.3, 0.4) is 0 Å². The molecule has 1 heterocycles. The third-order valence-corrected chi connectivity index (χ3v) is 3.09. The first-order valence-electron chi connectivity index (χ1n) is 7.05. The highest BCUT2D eigenvalue weighted by atomic mass is 16.2. The van der Waals surface area contributed by atoms with Crippen LogP contribution in [0.4, 0.5) is 0 Å². The lowest BCUT2D eigenvalue weighted by Gasteiger charge is -2.07. The van der Waals surface area contributed by atoms with Crippen LogP contribution in [0.2, 0.25) is 0 Å². The van der Waals surface area contributed by atoms with Gasteiger partial charge in [-0.05, 0) is 12.0 Å². The van der Waals surface area contributed by atoms with Crippen LogP contribution in [0.5, 0.6) is 0 Å². The maximum absolute atomic E-state index is 11.9. The van der Waals surface area contributed by atoms with Gasteiger partial charge in [-0.2, -0.15) is 0 Å². The third kappa shape index (κ3) is 4.56. The summed E-state index contributed by atoms with van der Waals surface area (Å²) in [4.78, 5) is 27.9. The van der Waals surface area contributed by atoms with E-state index in [0.717, 1.165) is 24.1 Å². The highest BCUT2D eigenvalue weighted by molar-refractivity contribution is 5.75. The molecular formula is C16H19N3O2. The molecule has 5 nitrogen and oxygen atoms in total. The Morgan fingerprint density at radius 1 is 1.29 bits per heavy atom. The Labute approximate surface area is 123 Å². The van der Waals surface area contributed by atoms with Crippen LogP contribution in [-0.4, -0.2) is 15.5 Å². The highest BCUT2D eigenvalue weighted by Gasteiger charge is 2.05. The molecule has 0 saturated heterocycles. The van der Waals surface area contributed by atoms with Gasteiger partial charge in [-0.1, -0.05) is 43.7 Å². The molecule has 110 valence electrons. The Morgan fingerprint density at radius 2 is 2.05 bits per heavy atom. The van der Waals surface area contributed by atoms with Crippen molar-refractivity contribution in [3.63, 3.8) is 0 Å². The summed E-state index contributed by atoms with van der Waals surface area (Å²) >= 11 is 0. The molecule has 2 aromatic rings. The molecule has 0 bridgehead atoms. The molecule has 0 saturated carbocycles. The summed E-state index contributed by atoms with van der Waals surface area (Å²) in [5.41, 5.74) is 1.60. The predicted molar refractivity (Wildman–Crippen MR) is 80.8 cm³/mol. The van der Waals surface area contributed by atoms with Crippen molar-refractivity contribution in [2.24, 2.45) is 0 Å². The monoisotopic (exact) mass is 285 g/mol. The maximum Gasteiger partial charge on any atom is 0.253 e. The summed E-state index contributed by atoms with van der Waals surface area (Å²) in [6.45, 7) is 2.48. The molecule has 2 rings (SSSR count). The van der Waals surface area contributed by atoms with Gasteiger partial charge in [0, 0.05) is 18.3 Å². The van der Waals surface area contributed by atoms with Crippen molar-refractivity contribution in [2.45, 2.75) is 32.9 Å². The zero-order valence-corrected chi connectivity index (χ0v) is 12.1. The Morgan fingerprint density at radius 3 is 2.71 bits per heavy atom. The minimum atomic E-state index is -0.203. The maximum atomic E-state index is 11.9. The number of hydrogen-bond donors (Lipinski definition) is 1. The van der Waals surface area contributed by atoms with Gasteiger partial charge in [-0.3, -0.25) is 14.2 Å².